The number of benzene rings is 1. The smallest absolute Gasteiger partial charge is 0.299 e. The van der Waals surface area contributed by atoms with Crippen LogP contribution in [-0.2, 0) is 4.79 Å². The Morgan fingerprint density at radius 2 is 2.13 bits per heavy atom. The number of amides is 1. The molecule has 0 fully saturated rings. The van der Waals surface area contributed by atoms with E-state index in [0.29, 0.717) is 22.8 Å². The van der Waals surface area contributed by atoms with E-state index < -0.39 is 11.7 Å². The molecular weight excluding hydrogens is 214 g/mol. The molecule has 76 valence electrons. The Bertz CT molecular complexity index is 468. The minimum Gasteiger partial charge on any atom is -0.301 e. The number of carbonyl (C=O) groups is 2. The highest BCUT2D eigenvalue weighted by atomic mass is 35.5. The largest absolute Gasteiger partial charge is 0.301 e. The van der Waals surface area contributed by atoms with Crippen molar-refractivity contribution in [3.63, 3.8) is 0 Å². The first-order chi connectivity index (χ1) is 7.15. The maximum atomic E-state index is 11.5. The number of rotatable bonds is 2. The van der Waals surface area contributed by atoms with Crippen LogP contribution in [0.2, 0.25) is 5.02 Å². The summed E-state index contributed by atoms with van der Waals surface area (Å²) in [5, 5.41) is 0.454. The lowest BCUT2D eigenvalue weighted by molar-refractivity contribution is -0.114. The van der Waals surface area contributed by atoms with Gasteiger partial charge in [0, 0.05) is 11.6 Å². The second-order valence-corrected chi connectivity index (χ2v) is 3.63. The van der Waals surface area contributed by atoms with Crippen molar-refractivity contribution in [3.05, 3.63) is 41.4 Å². The van der Waals surface area contributed by atoms with Gasteiger partial charge in [0.2, 0.25) is 0 Å². The minimum atomic E-state index is -0.521. The number of halogens is 1. The van der Waals surface area contributed by atoms with Crippen molar-refractivity contribution in [1.82, 2.24) is 0 Å². The molecule has 0 radical (unpaired) electrons. The Morgan fingerprint density at radius 1 is 1.40 bits per heavy atom. The van der Waals surface area contributed by atoms with Crippen molar-refractivity contribution in [1.29, 1.82) is 0 Å². The summed E-state index contributed by atoms with van der Waals surface area (Å²) in [5.74, 6) is -1.03. The van der Waals surface area contributed by atoms with Gasteiger partial charge in [-0.05, 0) is 18.2 Å². The lowest BCUT2D eigenvalue weighted by Crippen LogP contribution is -2.29. The van der Waals surface area contributed by atoms with Crippen LogP contribution in [0, 0.1) is 0 Å². The van der Waals surface area contributed by atoms with E-state index in [2.05, 4.69) is 6.58 Å². The van der Waals surface area contributed by atoms with Crippen molar-refractivity contribution < 1.29 is 9.59 Å². The third-order valence-corrected chi connectivity index (χ3v) is 2.48. The lowest BCUT2D eigenvalue weighted by atomic mass is 10.1. The van der Waals surface area contributed by atoms with E-state index in [9.17, 15) is 9.59 Å². The topological polar surface area (TPSA) is 37.4 Å². The first-order valence-electron chi connectivity index (χ1n) is 4.42. The van der Waals surface area contributed by atoms with Gasteiger partial charge in [-0.3, -0.25) is 9.59 Å². The molecule has 15 heavy (non-hydrogen) atoms. The molecule has 0 atom stereocenters. The Labute approximate surface area is 91.9 Å². The van der Waals surface area contributed by atoms with Gasteiger partial charge in [-0.15, -0.1) is 6.58 Å². The number of ketones is 1. The maximum absolute atomic E-state index is 11.5. The van der Waals surface area contributed by atoms with Gasteiger partial charge in [0.15, 0.2) is 0 Å². The zero-order valence-electron chi connectivity index (χ0n) is 7.87. The SMILES string of the molecule is C=CCN1C(=O)C(=O)c2cc(Cl)ccc21. The van der Waals surface area contributed by atoms with Gasteiger partial charge < -0.3 is 4.90 Å². The van der Waals surface area contributed by atoms with E-state index >= 15 is 0 Å². The minimum absolute atomic E-state index is 0.333. The molecule has 0 saturated carbocycles. The summed E-state index contributed by atoms with van der Waals surface area (Å²) in [4.78, 5) is 24.5. The highest BCUT2D eigenvalue weighted by Crippen LogP contribution is 2.30. The van der Waals surface area contributed by atoms with E-state index in [1.807, 2.05) is 0 Å². The molecule has 1 aromatic rings. The first-order valence-corrected chi connectivity index (χ1v) is 4.79. The van der Waals surface area contributed by atoms with Gasteiger partial charge in [-0.25, -0.2) is 0 Å². The van der Waals surface area contributed by atoms with Crippen LogP contribution in [0.1, 0.15) is 10.4 Å². The molecule has 1 aromatic carbocycles. The number of anilines is 1. The van der Waals surface area contributed by atoms with Crippen molar-refractivity contribution in [2.24, 2.45) is 0 Å². The van der Waals surface area contributed by atoms with Crippen molar-refractivity contribution >= 4 is 29.0 Å². The van der Waals surface area contributed by atoms with Gasteiger partial charge in [-0.2, -0.15) is 0 Å². The van der Waals surface area contributed by atoms with Crippen LogP contribution in [-0.4, -0.2) is 18.2 Å². The molecule has 0 N–H and O–H groups in total. The molecule has 0 saturated heterocycles. The number of hydrogen-bond donors (Lipinski definition) is 0. The summed E-state index contributed by atoms with van der Waals surface area (Å²) in [6, 6.07) is 4.84. The van der Waals surface area contributed by atoms with E-state index in [-0.39, 0.29) is 0 Å². The fourth-order valence-corrected chi connectivity index (χ4v) is 1.76. The zero-order valence-corrected chi connectivity index (χ0v) is 8.62. The normalized spacial score (nSPS) is 14.3. The third-order valence-electron chi connectivity index (χ3n) is 2.25. The molecule has 0 bridgehead atoms. The second kappa shape index (κ2) is 3.51. The molecule has 1 heterocycles. The van der Waals surface area contributed by atoms with Crippen molar-refractivity contribution in [2.75, 3.05) is 11.4 Å². The van der Waals surface area contributed by atoms with Crippen LogP contribution in [0.3, 0.4) is 0 Å². The van der Waals surface area contributed by atoms with Gasteiger partial charge in [0.05, 0.1) is 11.3 Å². The summed E-state index contributed by atoms with van der Waals surface area (Å²) in [7, 11) is 0. The fraction of sp³-hybridized carbons (Fsp3) is 0.0909. The van der Waals surface area contributed by atoms with Crippen LogP contribution >= 0.6 is 11.6 Å². The van der Waals surface area contributed by atoms with Gasteiger partial charge in [0.25, 0.3) is 11.7 Å². The summed E-state index contributed by atoms with van der Waals surface area (Å²) in [5.41, 5.74) is 0.976. The van der Waals surface area contributed by atoms with Crippen LogP contribution in [0.5, 0.6) is 0 Å². The molecule has 4 heteroatoms. The van der Waals surface area contributed by atoms with Crippen LogP contribution < -0.4 is 4.90 Å². The molecule has 1 aliphatic heterocycles. The van der Waals surface area contributed by atoms with E-state index in [1.165, 1.54) is 11.0 Å². The third kappa shape index (κ3) is 1.45. The Kier molecular flexibility index (Phi) is 2.32. The van der Waals surface area contributed by atoms with Gasteiger partial charge in [0.1, 0.15) is 0 Å². The second-order valence-electron chi connectivity index (χ2n) is 3.20. The number of fused-ring (bicyclic) bond motifs is 1. The highest BCUT2D eigenvalue weighted by molar-refractivity contribution is 6.52. The quantitative estimate of drug-likeness (QED) is 0.566. The van der Waals surface area contributed by atoms with E-state index in [0.717, 1.165) is 0 Å². The zero-order chi connectivity index (χ0) is 11.0. The highest BCUT2D eigenvalue weighted by Gasteiger charge is 2.34. The Morgan fingerprint density at radius 3 is 2.80 bits per heavy atom. The number of carbonyl (C=O) groups excluding carboxylic acids is 2. The molecule has 0 spiro atoms. The van der Waals surface area contributed by atoms with E-state index in [1.54, 1.807) is 18.2 Å². The summed E-state index contributed by atoms with van der Waals surface area (Å²) in [6.45, 7) is 3.88. The summed E-state index contributed by atoms with van der Waals surface area (Å²) < 4.78 is 0. The molecule has 3 nitrogen and oxygen atoms in total. The lowest BCUT2D eigenvalue weighted by Gasteiger charge is -2.13. The average molecular weight is 222 g/mol. The fourth-order valence-electron chi connectivity index (χ4n) is 1.58. The maximum Gasteiger partial charge on any atom is 0.299 e. The molecule has 2 rings (SSSR count). The summed E-state index contributed by atoms with van der Waals surface area (Å²) >= 11 is 5.76. The van der Waals surface area contributed by atoms with Crippen molar-refractivity contribution in [3.8, 4) is 0 Å². The standard InChI is InChI=1S/C11H8ClNO2/c1-2-5-13-9-4-3-7(12)6-8(9)10(14)11(13)15/h2-4,6H,1,5H2. The molecule has 1 amide bonds. The number of hydrogen-bond acceptors (Lipinski definition) is 2. The average Bonchev–Trinajstić information content (AvgIpc) is 2.44. The number of nitrogens with zero attached hydrogens (tertiary/aromatic N) is 1. The molecule has 1 aliphatic rings. The molecule has 0 aliphatic carbocycles. The van der Waals surface area contributed by atoms with Gasteiger partial charge in [-0.1, -0.05) is 17.7 Å². The van der Waals surface area contributed by atoms with Crippen LogP contribution in [0.25, 0.3) is 0 Å². The molecule has 0 unspecified atom stereocenters. The first kappa shape index (κ1) is 9.93. The molecular formula is C11H8ClNO2. The summed E-state index contributed by atoms with van der Waals surface area (Å²) in [6.07, 6.45) is 1.58. The van der Waals surface area contributed by atoms with Crippen molar-refractivity contribution in [2.45, 2.75) is 0 Å². The van der Waals surface area contributed by atoms with Crippen LogP contribution in [0.4, 0.5) is 5.69 Å². The predicted molar refractivity (Wildman–Crippen MR) is 58.3 cm³/mol. The van der Waals surface area contributed by atoms with E-state index in [4.69, 9.17) is 11.6 Å². The Hall–Kier alpha value is -1.61. The van der Waals surface area contributed by atoms with Gasteiger partial charge >= 0.3 is 0 Å². The predicted octanol–water partition coefficient (Wildman–Crippen LogP) is 2.06. The monoisotopic (exact) mass is 221 g/mol. The Balaban J connectivity index is 2.55. The number of Topliss-reactive ketones (excluding diaryl/α,β-unsaturated/α-hetero) is 1. The molecule has 0 aromatic heterocycles. The van der Waals surface area contributed by atoms with Crippen LogP contribution in [0.15, 0.2) is 30.9 Å².